The minimum atomic E-state index is -0.606. The van der Waals surface area contributed by atoms with Crippen LogP contribution in [0.25, 0.3) is 22.3 Å². The number of esters is 2. The number of carbonyl (C=O) groups is 3. The number of aliphatic imine (C=N–C) groups is 2. The largest absolute Gasteiger partial charge is 2.00 e. The van der Waals surface area contributed by atoms with E-state index in [-0.39, 0.29) is 39.7 Å². The molecule has 40 heavy (non-hydrogen) atoms. The van der Waals surface area contributed by atoms with Gasteiger partial charge in [-0.2, -0.15) is 0 Å². The summed E-state index contributed by atoms with van der Waals surface area (Å²) < 4.78 is 9.97. The van der Waals surface area contributed by atoms with Crippen molar-refractivity contribution >= 4 is 52.1 Å². The third kappa shape index (κ3) is 5.90. The van der Waals surface area contributed by atoms with Crippen LogP contribution in [0.15, 0.2) is 69.9 Å². The van der Waals surface area contributed by atoms with Crippen LogP contribution in [0.5, 0.6) is 0 Å². The van der Waals surface area contributed by atoms with Crippen LogP contribution in [0.3, 0.4) is 0 Å². The third-order valence-corrected chi connectivity index (χ3v) is 5.92. The van der Waals surface area contributed by atoms with Crippen LogP contribution in [-0.2, 0) is 40.9 Å². The molecule has 0 aliphatic carbocycles. The number of ether oxygens (including phenoxy) is 2. The molecule has 4 heterocycles. The first kappa shape index (κ1) is 30.1. The molecule has 11 heteroatoms. The summed E-state index contributed by atoms with van der Waals surface area (Å²) in [6, 6.07) is 6.79. The molecular formula is C29H27MnN5O5. The molecule has 0 unspecified atom stereocenters. The molecule has 205 valence electrons. The van der Waals surface area contributed by atoms with Crippen molar-refractivity contribution in [1.82, 2.24) is 14.9 Å². The predicted molar refractivity (Wildman–Crippen MR) is 148 cm³/mol. The molecule has 0 fully saturated rings. The number of rotatable bonds is 6. The molecular weight excluding hydrogens is 553 g/mol. The van der Waals surface area contributed by atoms with Gasteiger partial charge in [0.15, 0.2) is 0 Å². The van der Waals surface area contributed by atoms with Gasteiger partial charge in [0, 0.05) is 20.3 Å². The van der Waals surface area contributed by atoms with Crippen molar-refractivity contribution in [3.05, 3.63) is 82.0 Å². The Kier molecular flexibility index (Phi) is 9.47. The Hall–Kier alpha value is -4.47. The number of aromatic nitrogens is 2. The van der Waals surface area contributed by atoms with Crippen molar-refractivity contribution in [3.8, 4) is 0 Å². The van der Waals surface area contributed by atoms with Crippen LogP contribution < -0.4 is 20.7 Å². The standard InChI is InChI=1S/C29H28N5O5.Mn/c1-16(2)17-9-10-22(31-17)26(29(37)39-6)23-14-12-20(33-23)24(27(35)34(3)4)19-11-13-21(32-19)25(28(36)38-5)18-8-7-15-30-18;/h7-15H,1-6H3,(H-,30,31,32,33,35,36,37);/q-1;+2/p-1. The molecule has 2 aliphatic heterocycles. The second kappa shape index (κ2) is 12.6. The van der Waals surface area contributed by atoms with Gasteiger partial charge in [0.1, 0.15) is 0 Å². The molecule has 0 N–H and O–H groups in total. The van der Waals surface area contributed by atoms with Gasteiger partial charge in [-0.05, 0) is 38.2 Å². The Labute approximate surface area is 241 Å². The number of nitrogens with zero attached hydrogens (tertiary/aromatic N) is 5. The minimum absolute atomic E-state index is 0. The number of allylic oxidation sites excluding steroid dienone is 4. The number of likely N-dealkylation sites (N-methyl/N-ethyl adjacent to an activating group) is 1. The Morgan fingerprint density at radius 1 is 0.775 bits per heavy atom. The molecule has 0 saturated carbocycles. The van der Waals surface area contributed by atoms with Gasteiger partial charge >= 0.3 is 29.0 Å². The third-order valence-electron chi connectivity index (χ3n) is 5.92. The molecule has 0 atom stereocenters. The fourth-order valence-electron chi connectivity index (χ4n) is 3.97. The zero-order valence-corrected chi connectivity index (χ0v) is 24.0. The van der Waals surface area contributed by atoms with E-state index in [0.717, 1.165) is 10.9 Å². The molecule has 0 spiro atoms. The summed E-state index contributed by atoms with van der Waals surface area (Å²) in [7, 11) is 5.78. The molecule has 0 saturated heterocycles. The quantitative estimate of drug-likeness (QED) is 0.285. The van der Waals surface area contributed by atoms with Gasteiger partial charge in [0.25, 0.3) is 5.91 Å². The molecule has 1 amide bonds. The van der Waals surface area contributed by atoms with Crippen molar-refractivity contribution in [1.29, 1.82) is 0 Å². The number of methoxy groups -OCH3 is 2. The van der Waals surface area contributed by atoms with Gasteiger partial charge in [-0.25, -0.2) is 14.6 Å². The van der Waals surface area contributed by atoms with E-state index in [9.17, 15) is 14.4 Å². The van der Waals surface area contributed by atoms with Crippen molar-refractivity contribution in [2.45, 2.75) is 13.8 Å². The van der Waals surface area contributed by atoms with E-state index in [0.29, 0.717) is 33.8 Å². The van der Waals surface area contributed by atoms with Gasteiger partial charge in [-0.1, -0.05) is 29.8 Å². The van der Waals surface area contributed by atoms with Crippen LogP contribution in [0.1, 0.15) is 25.2 Å². The summed E-state index contributed by atoms with van der Waals surface area (Å²) in [6.07, 6.45) is 8.19. The molecule has 1 radical (unpaired) electrons. The number of hydrogen-bond donors (Lipinski definition) is 0. The topological polar surface area (TPSA) is 126 Å². The summed E-state index contributed by atoms with van der Waals surface area (Å²) in [4.78, 5) is 58.0. The minimum Gasteiger partial charge on any atom is -0.657 e. The van der Waals surface area contributed by atoms with Crippen LogP contribution in [0.2, 0.25) is 0 Å². The molecule has 10 nitrogen and oxygen atoms in total. The average Bonchev–Trinajstić information content (AvgIpc) is 3.73. The van der Waals surface area contributed by atoms with E-state index in [1.165, 1.54) is 19.1 Å². The Morgan fingerprint density at radius 3 is 1.95 bits per heavy atom. The normalized spacial score (nSPS) is 16.7. The van der Waals surface area contributed by atoms with Gasteiger partial charge < -0.3 is 24.3 Å². The van der Waals surface area contributed by atoms with E-state index >= 15 is 0 Å². The molecule has 4 rings (SSSR count). The first-order chi connectivity index (χ1) is 18.7. The summed E-state index contributed by atoms with van der Waals surface area (Å²) in [5.74, 6) is -1.57. The van der Waals surface area contributed by atoms with Crippen molar-refractivity contribution in [2.24, 2.45) is 9.98 Å². The zero-order valence-electron chi connectivity index (χ0n) is 22.9. The number of carbonyl (C=O) groups excluding carboxylic acids is 3. The first-order valence-corrected chi connectivity index (χ1v) is 12.0. The van der Waals surface area contributed by atoms with Gasteiger partial charge in [-0.15, -0.1) is 22.1 Å². The van der Waals surface area contributed by atoms with Crippen LogP contribution >= 0.6 is 0 Å². The molecule has 2 aliphatic rings. The van der Waals surface area contributed by atoms with Crippen molar-refractivity contribution in [2.75, 3.05) is 28.3 Å². The summed E-state index contributed by atoms with van der Waals surface area (Å²) in [5, 5.41) is 1.16. The van der Waals surface area contributed by atoms with Crippen molar-refractivity contribution < 1.29 is 40.9 Å². The van der Waals surface area contributed by atoms with Crippen LogP contribution in [0, 0.1) is 0 Å². The van der Waals surface area contributed by atoms with E-state index in [2.05, 4.69) is 20.0 Å². The fraction of sp³-hybridized carbons (Fsp3) is 0.207. The van der Waals surface area contributed by atoms with Gasteiger partial charge in [-0.3, -0.25) is 9.79 Å². The molecule has 0 bridgehead atoms. The van der Waals surface area contributed by atoms with Gasteiger partial charge in [0.2, 0.25) is 0 Å². The number of amides is 1. The smallest absolute Gasteiger partial charge is 0.657 e. The van der Waals surface area contributed by atoms with Crippen molar-refractivity contribution in [3.63, 3.8) is 0 Å². The SMILES string of the molecule is COC(=O)/C(=C1\C=CC=N1)c1ccc(/C(C(=O)N(C)C)=C2/C=CC(C(/C(=O)OC)=c3/ccc(=C(C)C)[n-]3)=N2)[n-]1.[Mn+2]. The Morgan fingerprint density at radius 2 is 1.40 bits per heavy atom. The van der Waals surface area contributed by atoms with E-state index in [1.54, 1.807) is 62.8 Å². The maximum absolute atomic E-state index is 13.3. The van der Waals surface area contributed by atoms with Crippen LogP contribution in [0.4, 0.5) is 0 Å². The first-order valence-electron chi connectivity index (χ1n) is 12.0. The predicted octanol–water partition coefficient (Wildman–Crippen LogP) is 1.15. The summed E-state index contributed by atoms with van der Waals surface area (Å²) in [6.45, 7) is 3.85. The van der Waals surface area contributed by atoms with Gasteiger partial charge in [0.05, 0.1) is 48.0 Å². The van der Waals surface area contributed by atoms with E-state index < -0.39 is 11.9 Å². The molecule has 2 aromatic heterocycles. The monoisotopic (exact) mass is 580 g/mol. The maximum atomic E-state index is 13.3. The second-order valence-electron chi connectivity index (χ2n) is 8.98. The summed E-state index contributed by atoms with van der Waals surface area (Å²) in [5.41, 5.74) is 3.12. The number of hydrogen-bond acceptors (Lipinski definition) is 7. The zero-order chi connectivity index (χ0) is 28.3. The van der Waals surface area contributed by atoms with Crippen LogP contribution in [-0.4, -0.2) is 63.0 Å². The van der Waals surface area contributed by atoms with E-state index in [4.69, 9.17) is 9.47 Å². The second-order valence-corrected chi connectivity index (χ2v) is 8.98. The molecule has 0 aromatic carbocycles. The Balaban J connectivity index is 0.00000441. The van der Waals surface area contributed by atoms with E-state index in [1.807, 2.05) is 19.9 Å². The molecule has 2 aromatic rings. The average molecular weight is 581 g/mol. The fourth-order valence-corrected chi connectivity index (χ4v) is 3.97. The summed E-state index contributed by atoms with van der Waals surface area (Å²) >= 11 is 0. The maximum Gasteiger partial charge on any atom is 2.00 e. The Bertz CT molecular complexity index is 1660.